The Kier molecular flexibility index (Phi) is 5.58. The van der Waals surface area contributed by atoms with Crippen molar-refractivity contribution in [1.82, 2.24) is 5.06 Å². The normalized spacial score (nSPS) is 19.2. The zero-order valence-corrected chi connectivity index (χ0v) is 17.8. The molecule has 1 saturated heterocycles. The molecule has 3 rings (SSSR count). The van der Waals surface area contributed by atoms with E-state index in [9.17, 15) is 4.79 Å². The molecule has 148 valence electrons. The summed E-state index contributed by atoms with van der Waals surface area (Å²) in [5, 5.41) is 2.07. The summed E-state index contributed by atoms with van der Waals surface area (Å²) in [6.45, 7) is 10.6. The molecule has 0 bridgehead atoms. The molecular weight excluding hydrogens is 349 g/mol. The highest BCUT2D eigenvalue weighted by Gasteiger charge is 2.48. The van der Waals surface area contributed by atoms with Gasteiger partial charge in [-0.25, -0.2) is 4.79 Å². The van der Waals surface area contributed by atoms with E-state index in [0.29, 0.717) is 18.4 Å². The Morgan fingerprint density at radius 3 is 2.21 bits per heavy atom. The number of benzene rings is 2. The van der Waals surface area contributed by atoms with Crippen molar-refractivity contribution in [3.63, 3.8) is 0 Å². The summed E-state index contributed by atoms with van der Waals surface area (Å²) in [5.74, 6) is 0.604. The molecule has 0 atom stereocenters. The van der Waals surface area contributed by atoms with Crippen LogP contribution < -0.4 is 10.3 Å². The van der Waals surface area contributed by atoms with E-state index in [1.54, 1.807) is 12.1 Å². The minimum Gasteiger partial charge on any atom is -0.459 e. The fraction of sp³-hybridized carbons (Fsp3) is 0.435. The van der Waals surface area contributed by atoms with Crippen molar-refractivity contribution in [3.8, 4) is 5.75 Å². The predicted octanol–water partition coefficient (Wildman–Crippen LogP) is 3.43. The van der Waals surface area contributed by atoms with Crippen molar-refractivity contribution in [2.75, 3.05) is 0 Å². The van der Waals surface area contributed by atoms with Gasteiger partial charge in [-0.05, 0) is 58.4 Å². The number of rotatable bonds is 4. The summed E-state index contributed by atoms with van der Waals surface area (Å²) in [6, 6.07) is 15.4. The first-order chi connectivity index (χ1) is 13.1. The molecule has 5 heteroatoms. The van der Waals surface area contributed by atoms with Crippen LogP contribution in [0.5, 0.6) is 5.75 Å². The summed E-state index contributed by atoms with van der Waals surface area (Å²) in [6.07, 6.45) is 1.26. The Balaban J connectivity index is 1.76. The van der Waals surface area contributed by atoms with E-state index in [1.165, 1.54) is 5.46 Å². The Labute approximate surface area is 169 Å². The van der Waals surface area contributed by atoms with Crippen LogP contribution >= 0.6 is 0 Å². The number of hydrogen-bond donors (Lipinski definition) is 0. The van der Waals surface area contributed by atoms with Crippen LogP contribution in [0, 0.1) is 6.92 Å². The maximum absolute atomic E-state index is 12.5. The van der Waals surface area contributed by atoms with Crippen LogP contribution in [0.1, 0.15) is 56.5 Å². The molecule has 0 radical (unpaired) electrons. The summed E-state index contributed by atoms with van der Waals surface area (Å²) in [4.78, 5) is 18.9. The molecule has 0 unspecified atom stereocenters. The second-order valence-corrected chi connectivity index (χ2v) is 9.08. The van der Waals surface area contributed by atoms with Crippen molar-refractivity contribution in [3.05, 3.63) is 59.7 Å². The first kappa shape index (κ1) is 20.5. The third kappa shape index (κ3) is 4.41. The minimum atomic E-state index is -0.291. The van der Waals surface area contributed by atoms with Crippen molar-refractivity contribution in [2.24, 2.45) is 0 Å². The second kappa shape index (κ2) is 7.63. The molecular formula is C23H30BNO3. The van der Waals surface area contributed by atoms with Gasteiger partial charge in [-0.1, -0.05) is 35.8 Å². The van der Waals surface area contributed by atoms with E-state index in [-0.39, 0.29) is 23.2 Å². The molecule has 4 nitrogen and oxygen atoms in total. The topological polar surface area (TPSA) is 38.8 Å². The number of esters is 1. The number of nitrogens with zero attached hydrogens (tertiary/aromatic N) is 1. The van der Waals surface area contributed by atoms with Gasteiger partial charge in [-0.3, -0.25) is 0 Å². The molecule has 1 heterocycles. The van der Waals surface area contributed by atoms with Crippen LogP contribution in [-0.2, 0) is 4.74 Å². The zero-order valence-electron chi connectivity index (χ0n) is 17.8. The van der Waals surface area contributed by atoms with Gasteiger partial charge in [0.1, 0.15) is 19.7 Å². The van der Waals surface area contributed by atoms with Crippen LogP contribution in [-0.4, -0.2) is 36.1 Å². The molecule has 28 heavy (non-hydrogen) atoms. The highest BCUT2D eigenvalue weighted by atomic mass is 16.7. The van der Waals surface area contributed by atoms with E-state index in [1.807, 2.05) is 24.3 Å². The van der Waals surface area contributed by atoms with Gasteiger partial charge < -0.3 is 9.57 Å². The van der Waals surface area contributed by atoms with Gasteiger partial charge in [0.2, 0.25) is 0 Å². The van der Waals surface area contributed by atoms with Crippen LogP contribution in [0.2, 0.25) is 0 Å². The summed E-state index contributed by atoms with van der Waals surface area (Å²) in [5.41, 5.74) is 2.34. The molecule has 0 aliphatic carbocycles. The molecule has 0 amide bonds. The summed E-state index contributed by atoms with van der Waals surface area (Å²) < 4.78 is 5.87. The summed E-state index contributed by atoms with van der Waals surface area (Å²) >= 11 is 0. The van der Waals surface area contributed by atoms with E-state index >= 15 is 0 Å². The van der Waals surface area contributed by atoms with Crippen LogP contribution in [0.15, 0.2) is 48.5 Å². The quantitative estimate of drug-likeness (QED) is 0.603. The number of carbonyl (C=O) groups is 1. The van der Waals surface area contributed by atoms with Gasteiger partial charge >= 0.3 is 5.97 Å². The molecule has 1 aliphatic heterocycles. The first-order valence-corrected chi connectivity index (χ1v) is 9.90. The Morgan fingerprint density at radius 1 is 1.04 bits per heavy atom. The fourth-order valence-corrected chi connectivity index (χ4v) is 4.30. The largest absolute Gasteiger partial charge is 0.459 e. The monoisotopic (exact) mass is 379 g/mol. The fourth-order valence-electron chi connectivity index (χ4n) is 4.30. The molecule has 1 aliphatic rings. The van der Waals surface area contributed by atoms with E-state index in [4.69, 9.17) is 9.57 Å². The van der Waals surface area contributed by atoms with E-state index in [0.717, 1.165) is 11.3 Å². The van der Waals surface area contributed by atoms with E-state index in [2.05, 4.69) is 59.7 Å². The minimum absolute atomic E-state index is 0.156. The molecule has 2 aromatic carbocycles. The van der Waals surface area contributed by atoms with Crippen LogP contribution in [0.4, 0.5) is 0 Å². The molecule has 1 fully saturated rings. The number of ether oxygens (including phenoxy) is 1. The average molecular weight is 379 g/mol. The Hall–Kier alpha value is -2.27. The third-order valence-electron chi connectivity index (χ3n) is 5.36. The standard InChI is InChI=1S/C23H30BNO3/c1-16-13-18(24)11-12-20(16)28-25-22(2,3)14-19(15-23(25,4)5)27-21(26)17-9-7-6-8-10-17/h6-13,19H,14-15,24H2,1-5H3. The molecule has 2 aromatic rings. The number of piperidine rings is 1. The maximum Gasteiger partial charge on any atom is 0.338 e. The lowest BCUT2D eigenvalue weighted by molar-refractivity contribution is -0.234. The second-order valence-electron chi connectivity index (χ2n) is 9.08. The highest BCUT2D eigenvalue weighted by Crippen LogP contribution is 2.40. The van der Waals surface area contributed by atoms with Crippen molar-refractivity contribution in [2.45, 2.75) is 64.6 Å². The molecule has 0 N–H and O–H groups in total. The lowest BCUT2D eigenvalue weighted by Crippen LogP contribution is -2.63. The van der Waals surface area contributed by atoms with Gasteiger partial charge in [-0.15, -0.1) is 5.06 Å². The summed E-state index contributed by atoms with van der Waals surface area (Å²) in [7, 11) is 2.08. The molecule has 0 saturated carbocycles. The van der Waals surface area contributed by atoms with Gasteiger partial charge in [0.05, 0.1) is 16.6 Å². The van der Waals surface area contributed by atoms with Gasteiger partial charge in [-0.2, -0.15) is 0 Å². The smallest absolute Gasteiger partial charge is 0.338 e. The van der Waals surface area contributed by atoms with Gasteiger partial charge in [0.15, 0.2) is 0 Å². The Bertz CT molecular complexity index is 830. The lowest BCUT2D eigenvalue weighted by Gasteiger charge is -2.53. The molecule has 0 spiro atoms. The van der Waals surface area contributed by atoms with Crippen LogP contribution in [0.25, 0.3) is 0 Å². The zero-order chi connectivity index (χ0) is 20.5. The predicted molar refractivity (Wildman–Crippen MR) is 115 cm³/mol. The number of hydrogen-bond acceptors (Lipinski definition) is 4. The highest BCUT2D eigenvalue weighted by molar-refractivity contribution is 6.32. The Morgan fingerprint density at radius 2 is 1.64 bits per heavy atom. The average Bonchev–Trinajstić information content (AvgIpc) is 2.59. The number of aryl methyl sites for hydroxylation is 1. The van der Waals surface area contributed by atoms with E-state index < -0.39 is 0 Å². The first-order valence-electron chi connectivity index (χ1n) is 9.90. The number of carbonyl (C=O) groups excluding carboxylic acids is 1. The lowest BCUT2D eigenvalue weighted by atomic mass is 9.80. The van der Waals surface area contributed by atoms with Crippen molar-refractivity contribution < 1.29 is 14.4 Å². The third-order valence-corrected chi connectivity index (χ3v) is 5.36. The molecule has 0 aromatic heterocycles. The maximum atomic E-state index is 12.5. The van der Waals surface area contributed by atoms with Crippen molar-refractivity contribution >= 4 is 19.3 Å². The SMILES string of the molecule is Bc1ccc(ON2C(C)(C)CC(OC(=O)c3ccccc3)CC2(C)C)c(C)c1. The number of hydroxylamine groups is 2. The van der Waals surface area contributed by atoms with Crippen molar-refractivity contribution in [1.29, 1.82) is 0 Å². The van der Waals surface area contributed by atoms with Crippen LogP contribution in [0.3, 0.4) is 0 Å². The van der Waals surface area contributed by atoms with Gasteiger partial charge in [0, 0.05) is 12.8 Å². The van der Waals surface area contributed by atoms with Gasteiger partial charge in [0.25, 0.3) is 0 Å².